The molecule has 1 aromatic rings. The SMILES string of the molecule is CC(C)=CCC/C(C)=C/CC/C(C)=C/CCC1(C)CCc2cc(O[Si](C)(C)C(C)(C)C)cc(C#N)c2O1. The van der Waals surface area contributed by atoms with Crippen molar-refractivity contribution in [3.8, 4) is 17.6 Å². The summed E-state index contributed by atoms with van der Waals surface area (Å²) < 4.78 is 13.0. The maximum absolute atomic E-state index is 9.90. The molecule has 0 N–H and O–H groups in total. The van der Waals surface area contributed by atoms with Gasteiger partial charge in [-0.2, -0.15) is 5.26 Å². The summed E-state index contributed by atoms with van der Waals surface area (Å²) in [5, 5.41) is 10.0. The molecule has 1 unspecified atom stereocenters. The Morgan fingerprint density at radius 3 is 2.19 bits per heavy atom. The lowest BCUT2D eigenvalue weighted by Gasteiger charge is -2.38. The van der Waals surface area contributed by atoms with Gasteiger partial charge in [0.15, 0.2) is 0 Å². The van der Waals surface area contributed by atoms with Gasteiger partial charge in [-0.15, -0.1) is 0 Å². The molecule has 0 aliphatic carbocycles. The molecular weight excluding hydrogens is 470 g/mol. The molecule has 0 saturated heterocycles. The van der Waals surface area contributed by atoms with Crippen LogP contribution in [-0.4, -0.2) is 13.9 Å². The highest BCUT2D eigenvalue weighted by atomic mass is 28.4. The molecule has 0 fully saturated rings. The standard InChI is InChI=1S/C33H51NO2Si/c1-25(2)14-11-15-26(3)16-12-17-27(4)18-13-20-33(8)21-19-28-22-30(23-29(24-34)31(28)35-33)36-37(9,10)32(5,6)7/h14,16,18,22-23H,11-13,15,17,19-21H2,1-10H3/b26-16+,27-18+. The van der Waals surface area contributed by atoms with Gasteiger partial charge in [0.1, 0.15) is 23.2 Å². The van der Waals surface area contributed by atoms with Gasteiger partial charge in [-0.25, -0.2) is 0 Å². The Morgan fingerprint density at radius 1 is 1.03 bits per heavy atom. The van der Waals surface area contributed by atoms with Gasteiger partial charge >= 0.3 is 0 Å². The molecule has 1 aliphatic rings. The van der Waals surface area contributed by atoms with Crippen molar-refractivity contribution in [3.63, 3.8) is 0 Å². The first kappa shape index (κ1) is 31.0. The lowest BCUT2D eigenvalue weighted by molar-refractivity contribution is 0.0567. The van der Waals surface area contributed by atoms with Gasteiger partial charge in [-0.05, 0) is 116 Å². The first-order valence-electron chi connectivity index (χ1n) is 14.1. The fourth-order valence-electron chi connectivity index (χ4n) is 4.39. The van der Waals surface area contributed by atoms with E-state index in [1.807, 2.05) is 6.07 Å². The van der Waals surface area contributed by atoms with Gasteiger partial charge < -0.3 is 9.16 Å². The third-order valence-electron chi connectivity index (χ3n) is 8.00. The Balaban J connectivity index is 1.97. The van der Waals surface area contributed by atoms with Crippen LogP contribution in [0.15, 0.2) is 47.1 Å². The summed E-state index contributed by atoms with van der Waals surface area (Å²) in [7, 11) is -1.97. The topological polar surface area (TPSA) is 42.2 Å². The number of allylic oxidation sites excluding steroid dienone is 6. The first-order chi connectivity index (χ1) is 17.2. The van der Waals surface area contributed by atoms with Crippen LogP contribution in [0.25, 0.3) is 0 Å². The van der Waals surface area contributed by atoms with Crippen molar-refractivity contribution >= 4 is 8.32 Å². The van der Waals surface area contributed by atoms with Gasteiger partial charge in [-0.1, -0.05) is 55.7 Å². The third kappa shape index (κ3) is 9.53. The van der Waals surface area contributed by atoms with E-state index in [4.69, 9.17) is 9.16 Å². The summed E-state index contributed by atoms with van der Waals surface area (Å²) in [6.45, 7) is 22.2. The number of aryl methyl sites for hydroxylation is 1. The number of rotatable bonds is 11. The van der Waals surface area contributed by atoms with Gasteiger partial charge in [0.25, 0.3) is 0 Å². The molecule has 1 aliphatic heterocycles. The van der Waals surface area contributed by atoms with Crippen LogP contribution in [0.1, 0.15) is 111 Å². The molecule has 0 aromatic heterocycles. The fourth-order valence-corrected chi connectivity index (χ4v) is 5.40. The van der Waals surface area contributed by atoms with E-state index < -0.39 is 8.32 Å². The third-order valence-corrected chi connectivity index (χ3v) is 12.4. The van der Waals surface area contributed by atoms with Gasteiger partial charge in [0, 0.05) is 6.07 Å². The zero-order valence-corrected chi connectivity index (χ0v) is 26.3. The van der Waals surface area contributed by atoms with Gasteiger partial charge in [0.2, 0.25) is 8.32 Å². The number of benzene rings is 1. The zero-order chi connectivity index (χ0) is 27.9. The summed E-state index contributed by atoms with van der Waals surface area (Å²) >= 11 is 0. The van der Waals surface area contributed by atoms with Gasteiger partial charge in [0.05, 0.1) is 5.56 Å². The van der Waals surface area contributed by atoms with Crippen molar-refractivity contribution < 1.29 is 9.16 Å². The Morgan fingerprint density at radius 2 is 1.62 bits per heavy atom. The van der Waals surface area contributed by atoms with Crippen LogP contribution >= 0.6 is 0 Å². The number of hydrogen-bond donors (Lipinski definition) is 0. The highest BCUT2D eigenvalue weighted by Crippen LogP contribution is 2.42. The Kier molecular flexibility index (Phi) is 10.9. The molecule has 1 heterocycles. The van der Waals surface area contributed by atoms with E-state index in [2.05, 4.69) is 98.8 Å². The summed E-state index contributed by atoms with van der Waals surface area (Å²) in [5.41, 5.74) is 5.77. The second kappa shape index (κ2) is 13.0. The predicted octanol–water partition coefficient (Wildman–Crippen LogP) is 10.2. The molecule has 0 spiro atoms. The van der Waals surface area contributed by atoms with Crippen LogP contribution in [0.4, 0.5) is 0 Å². The summed E-state index contributed by atoms with van der Waals surface area (Å²) in [5.74, 6) is 1.57. The molecule has 0 bridgehead atoms. The molecule has 0 amide bonds. The monoisotopic (exact) mass is 521 g/mol. The van der Waals surface area contributed by atoms with Crippen molar-refractivity contribution in [2.75, 3.05) is 0 Å². The van der Waals surface area contributed by atoms with E-state index in [1.165, 1.54) is 16.7 Å². The van der Waals surface area contributed by atoms with Crippen LogP contribution in [0.3, 0.4) is 0 Å². The highest BCUT2D eigenvalue weighted by Gasteiger charge is 2.40. The Labute approximate surface area is 228 Å². The van der Waals surface area contributed by atoms with Crippen molar-refractivity contribution in [2.24, 2.45) is 0 Å². The minimum absolute atomic E-state index is 0.108. The van der Waals surface area contributed by atoms with E-state index in [9.17, 15) is 5.26 Å². The van der Waals surface area contributed by atoms with Crippen LogP contribution in [0.2, 0.25) is 18.1 Å². The summed E-state index contributed by atoms with van der Waals surface area (Å²) in [6, 6.07) is 6.36. The predicted molar refractivity (Wildman–Crippen MR) is 161 cm³/mol. The number of hydrogen-bond acceptors (Lipinski definition) is 3. The number of nitriles is 1. The van der Waals surface area contributed by atoms with Crippen molar-refractivity contribution in [1.29, 1.82) is 5.26 Å². The minimum atomic E-state index is -1.97. The van der Waals surface area contributed by atoms with Crippen LogP contribution < -0.4 is 9.16 Å². The van der Waals surface area contributed by atoms with Crippen LogP contribution in [0.5, 0.6) is 11.5 Å². The van der Waals surface area contributed by atoms with E-state index in [-0.39, 0.29) is 10.6 Å². The van der Waals surface area contributed by atoms with Gasteiger partial charge in [-0.3, -0.25) is 0 Å². The number of nitrogens with zero attached hydrogens (tertiary/aromatic N) is 1. The molecule has 4 heteroatoms. The fraction of sp³-hybridized carbons (Fsp3) is 0.606. The quantitative estimate of drug-likeness (QED) is 0.215. The van der Waals surface area contributed by atoms with Crippen molar-refractivity contribution in [3.05, 3.63) is 58.2 Å². The van der Waals surface area contributed by atoms with E-state index >= 15 is 0 Å². The maximum atomic E-state index is 9.90. The van der Waals surface area contributed by atoms with Crippen LogP contribution in [0, 0.1) is 11.3 Å². The molecule has 1 aromatic carbocycles. The van der Waals surface area contributed by atoms with E-state index in [1.54, 1.807) is 0 Å². The lowest BCUT2D eigenvalue weighted by atomic mass is 9.87. The largest absolute Gasteiger partial charge is 0.543 e. The minimum Gasteiger partial charge on any atom is -0.543 e. The number of fused-ring (bicyclic) bond motifs is 1. The van der Waals surface area contributed by atoms with Crippen LogP contribution in [-0.2, 0) is 6.42 Å². The second-order valence-electron chi connectivity index (χ2n) is 13.0. The molecule has 0 saturated carbocycles. The molecule has 2 rings (SSSR count). The van der Waals surface area contributed by atoms with Crippen molar-refractivity contribution in [2.45, 2.75) is 130 Å². The molecule has 3 nitrogen and oxygen atoms in total. The first-order valence-corrected chi connectivity index (χ1v) is 17.0. The smallest absolute Gasteiger partial charge is 0.250 e. The Hall–Kier alpha value is -2.25. The highest BCUT2D eigenvalue weighted by molar-refractivity contribution is 6.74. The molecule has 0 radical (unpaired) electrons. The summed E-state index contributed by atoms with van der Waals surface area (Å²) in [6.07, 6.45) is 15.4. The molecule has 1 atom stereocenters. The lowest BCUT2D eigenvalue weighted by Crippen LogP contribution is -2.44. The zero-order valence-electron chi connectivity index (χ0n) is 25.3. The maximum Gasteiger partial charge on any atom is 0.250 e. The average molecular weight is 522 g/mol. The van der Waals surface area contributed by atoms with Crippen molar-refractivity contribution in [1.82, 2.24) is 0 Å². The summed E-state index contributed by atoms with van der Waals surface area (Å²) in [4.78, 5) is 0. The average Bonchev–Trinajstić information content (AvgIpc) is 2.77. The molecule has 37 heavy (non-hydrogen) atoms. The molecular formula is C33H51NO2Si. The second-order valence-corrected chi connectivity index (χ2v) is 17.7. The normalized spacial score (nSPS) is 18.5. The van der Waals surface area contributed by atoms with E-state index in [0.29, 0.717) is 5.56 Å². The Bertz CT molecular complexity index is 1060. The van der Waals surface area contributed by atoms with E-state index in [0.717, 1.165) is 68.4 Å². The number of ether oxygens (including phenoxy) is 1. The molecule has 204 valence electrons.